The summed E-state index contributed by atoms with van der Waals surface area (Å²) in [6.45, 7) is 2.90. The first-order valence-corrected chi connectivity index (χ1v) is 7.85. The fraction of sp³-hybridized carbons (Fsp3) is 0.158. The van der Waals surface area contributed by atoms with E-state index in [1.807, 2.05) is 42.6 Å². The lowest BCUT2D eigenvalue weighted by Gasteiger charge is -2.03. The Balaban J connectivity index is 1.61. The molecule has 3 rings (SSSR count). The van der Waals surface area contributed by atoms with E-state index in [4.69, 9.17) is 4.74 Å². The Kier molecular flexibility index (Phi) is 4.91. The lowest BCUT2D eigenvalue weighted by molar-refractivity contribution is -0.123. The number of amides is 1. The number of aryl methyl sites for hydroxylation is 1. The van der Waals surface area contributed by atoms with Crippen LogP contribution in [0.2, 0.25) is 0 Å². The molecule has 0 aliphatic carbocycles. The molecule has 24 heavy (non-hydrogen) atoms. The zero-order valence-corrected chi connectivity index (χ0v) is 13.5. The van der Waals surface area contributed by atoms with Gasteiger partial charge >= 0.3 is 0 Å². The van der Waals surface area contributed by atoms with Crippen LogP contribution in [-0.4, -0.2) is 23.3 Å². The molecular weight excluding hydrogens is 302 g/mol. The van der Waals surface area contributed by atoms with Gasteiger partial charge in [-0.1, -0.05) is 36.4 Å². The van der Waals surface area contributed by atoms with Gasteiger partial charge in [-0.2, -0.15) is 5.10 Å². The van der Waals surface area contributed by atoms with E-state index in [0.29, 0.717) is 5.75 Å². The molecule has 0 atom stereocenters. The van der Waals surface area contributed by atoms with E-state index in [1.54, 1.807) is 18.3 Å². The largest absolute Gasteiger partial charge is 0.484 e. The minimum Gasteiger partial charge on any atom is -0.484 e. The predicted molar refractivity (Wildman–Crippen MR) is 95.3 cm³/mol. The molecule has 5 nitrogen and oxygen atoms in total. The molecule has 0 radical (unpaired) electrons. The monoisotopic (exact) mass is 321 g/mol. The van der Waals surface area contributed by atoms with Crippen molar-refractivity contribution in [3.63, 3.8) is 0 Å². The molecule has 122 valence electrons. The summed E-state index contributed by atoms with van der Waals surface area (Å²) in [6, 6.07) is 17.3. The molecule has 0 unspecified atom stereocenters. The normalized spacial score (nSPS) is 11.0. The van der Waals surface area contributed by atoms with E-state index in [-0.39, 0.29) is 12.5 Å². The van der Waals surface area contributed by atoms with Crippen LogP contribution in [0.5, 0.6) is 5.75 Å². The van der Waals surface area contributed by atoms with Crippen LogP contribution in [0, 0.1) is 0 Å². The van der Waals surface area contributed by atoms with Gasteiger partial charge in [0, 0.05) is 29.2 Å². The molecule has 3 aromatic rings. The van der Waals surface area contributed by atoms with Crippen molar-refractivity contribution in [2.45, 2.75) is 13.5 Å². The average Bonchev–Trinajstić information content (AvgIpc) is 2.99. The number of fused-ring (bicyclic) bond motifs is 1. The number of aromatic nitrogens is 1. The van der Waals surface area contributed by atoms with Crippen LogP contribution in [0.3, 0.4) is 0 Å². The SMILES string of the molecule is CCn1cc(/C=N\NC(=O)COc2ccccc2)c2ccccc21. The summed E-state index contributed by atoms with van der Waals surface area (Å²) in [5.74, 6) is 0.358. The number of hydrazone groups is 1. The number of ether oxygens (including phenoxy) is 1. The second kappa shape index (κ2) is 7.46. The molecule has 0 aliphatic heterocycles. The van der Waals surface area contributed by atoms with Gasteiger partial charge in [0.25, 0.3) is 5.91 Å². The van der Waals surface area contributed by atoms with Crippen LogP contribution in [0.15, 0.2) is 65.9 Å². The van der Waals surface area contributed by atoms with Crippen molar-refractivity contribution in [3.8, 4) is 5.75 Å². The van der Waals surface area contributed by atoms with Crippen molar-refractivity contribution < 1.29 is 9.53 Å². The van der Waals surface area contributed by atoms with Gasteiger partial charge < -0.3 is 9.30 Å². The highest BCUT2D eigenvalue weighted by Gasteiger charge is 2.05. The van der Waals surface area contributed by atoms with Gasteiger partial charge in [0.2, 0.25) is 0 Å². The third-order valence-corrected chi connectivity index (χ3v) is 3.67. The Morgan fingerprint density at radius 2 is 1.92 bits per heavy atom. The predicted octanol–water partition coefficient (Wildman–Crippen LogP) is 3.19. The average molecular weight is 321 g/mol. The minimum atomic E-state index is -0.297. The van der Waals surface area contributed by atoms with Gasteiger partial charge in [-0.3, -0.25) is 4.79 Å². The quantitative estimate of drug-likeness (QED) is 0.560. The lowest BCUT2D eigenvalue weighted by Crippen LogP contribution is -2.24. The standard InChI is InChI=1S/C19H19N3O2/c1-2-22-13-15(17-10-6-7-11-18(17)22)12-20-21-19(23)14-24-16-8-4-3-5-9-16/h3-13H,2,14H2,1H3,(H,21,23)/b20-12-. The molecule has 0 bridgehead atoms. The Morgan fingerprint density at radius 3 is 2.71 bits per heavy atom. The molecule has 1 amide bonds. The van der Waals surface area contributed by atoms with Gasteiger partial charge in [0.15, 0.2) is 6.61 Å². The van der Waals surface area contributed by atoms with Gasteiger partial charge in [-0.15, -0.1) is 0 Å². The fourth-order valence-electron chi connectivity index (χ4n) is 2.51. The Morgan fingerprint density at radius 1 is 1.17 bits per heavy atom. The van der Waals surface area contributed by atoms with Crippen LogP contribution < -0.4 is 10.2 Å². The minimum absolute atomic E-state index is 0.0714. The van der Waals surface area contributed by atoms with E-state index in [1.165, 1.54) is 0 Å². The number of nitrogens with zero attached hydrogens (tertiary/aromatic N) is 2. The zero-order valence-electron chi connectivity index (χ0n) is 13.5. The number of hydrogen-bond donors (Lipinski definition) is 1. The third kappa shape index (κ3) is 3.63. The van der Waals surface area contributed by atoms with Crippen molar-refractivity contribution in [2.24, 2.45) is 5.10 Å². The molecule has 1 heterocycles. The molecule has 0 fully saturated rings. The number of rotatable bonds is 6. The van der Waals surface area contributed by atoms with Gasteiger partial charge in [-0.25, -0.2) is 5.43 Å². The Labute approximate surface area is 140 Å². The molecule has 0 saturated heterocycles. The number of para-hydroxylation sites is 2. The number of hydrogen-bond acceptors (Lipinski definition) is 3. The van der Waals surface area contributed by atoms with Crippen molar-refractivity contribution in [1.29, 1.82) is 0 Å². The number of carbonyl (C=O) groups is 1. The summed E-state index contributed by atoms with van der Waals surface area (Å²) in [5.41, 5.74) is 4.61. The molecule has 2 aromatic carbocycles. The summed E-state index contributed by atoms with van der Waals surface area (Å²) in [6.07, 6.45) is 3.69. The summed E-state index contributed by atoms with van der Waals surface area (Å²) in [4.78, 5) is 11.8. The van der Waals surface area contributed by atoms with Gasteiger partial charge in [0.1, 0.15) is 5.75 Å². The summed E-state index contributed by atoms with van der Waals surface area (Å²) in [5, 5.41) is 5.14. The topological polar surface area (TPSA) is 55.6 Å². The molecule has 1 N–H and O–H groups in total. The van der Waals surface area contributed by atoms with Crippen LogP contribution in [0.4, 0.5) is 0 Å². The Bertz CT molecular complexity index is 853. The second-order valence-corrected chi connectivity index (χ2v) is 5.28. The molecule has 0 aliphatic rings. The zero-order chi connectivity index (χ0) is 16.8. The van der Waals surface area contributed by atoms with Crippen molar-refractivity contribution >= 4 is 23.0 Å². The molecule has 1 aromatic heterocycles. The maximum absolute atomic E-state index is 11.8. The van der Waals surface area contributed by atoms with Crippen LogP contribution in [0.1, 0.15) is 12.5 Å². The molecule has 0 spiro atoms. The summed E-state index contributed by atoms with van der Waals surface area (Å²) in [7, 11) is 0. The van der Waals surface area contributed by atoms with Crippen molar-refractivity contribution in [2.75, 3.05) is 6.61 Å². The molecular formula is C19H19N3O2. The van der Waals surface area contributed by atoms with Crippen LogP contribution in [0.25, 0.3) is 10.9 Å². The maximum atomic E-state index is 11.8. The van der Waals surface area contributed by atoms with Crippen LogP contribution >= 0.6 is 0 Å². The fourth-order valence-corrected chi connectivity index (χ4v) is 2.51. The molecule has 0 saturated carbocycles. The highest BCUT2D eigenvalue weighted by Crippen LogP contribution is 2.19. The van der Waals surface area contributed by atoms with E-state index in [9.17, 15) is 4.79 Å². The van der Waals surface area contributed by atoms with E-state index in [0.717, 1.165) is 23.0 Å². The first-order valence-electron chi connectivity index (χ1n) is 7.85. The van der Waals surface area contributed by atoms with E-state index >= 15 is 0 Å². The van der Waals surface area contributed by atoms with Crippen molar-refractivity contribution in [3.05, 3.63) is 66.4 Å². The summed E-state index contributed by atoms with van der Waals surface area (Å²) < 4.78 is 7.52. The summed E-state index contributed by atoms with van der Waals surface area (Å²) >= 11 is 0. The second-order valence-electron chi connectivity index (χ2n) is 5.28. The maximum Gasteiger partial charge on any atom is 0.277 e. The number of nitrogens with one attached hydrogen (secondary N) is 1. The molecule has 5 heteroatoms. The van der Waals surface area contributed by atoms with Gasteiger partial charge in [0.05, 0.1) is 6.21 Å². The number of benzene rings is 2. The highest BCUT2D eigenvalue weighted by molar-refractivity contribution is 5.99. The number of carbonyl (C=O) groups excluding carboxylic acids is 1. The van der Waals surface area contributed by atoms with Crippen LogP contribution in [-0.2, 0) is 11.3 Å². The van der Waals surface area contributed by atoms with Crippen molar-refractivity contribution in [1.82, 2.24) is 9.99 Å². The highest BCUT2D eigenvalue weighted by atomic mass is 16.5. The van der Waals surface area contributed by atoms with E-state index in [2.05, 4.69) is 28.1 Å². The smallest absolute Gasteiger partial charge is 0.277 e. The first kappa shape index (κ1) is 15.8. The first-order chi connectivity index (χ1) is 11.8. The van der Waals surface area contributed by atoms with Gasteiger partial charge in [-0.05, 0) is 25.1 Å². The van der Waals surface area contributed by atoms with E-state index < -0.39 is 0 Å². The lowest BCUT2D eigenvalue weighted by atomic mass is 10.2. The third-order valence-electron chi connectivity index (χ3n) is 3.67. The Hall–Kier alpha value is -3.08.